The van der Waals surface area contributed by atoms with E-state index in [1.807, 2.05) is 25.1 Å². The molecular weight excluding hydrogens is 264 g/mol. The molecular formula is C16H22N4O. The van der Waals surface area contributed by atoms with Crippen molar-refractivity contribution in [3.05, 3.63) is 30.6 Å². The molecule has 21 heavy (non-hydrogen) atoms. The zero-order chi connectivity index (χ0) is 15.4. The molecule has 1 aromatic carbocycles. The van der Waals surface area contributed by atoms with Crippen molar-refractivity contribution in [2.45, 2.75) is 26.8 Å². The van der Waals surface area contributed by atoms with Gasteiger partial charge in [0.2, 0.25) is 5.91 Å². The minimum Gasteiger partial charge on any atom is -0.397 e. The molecule has 0 fully saturated rings. The highest BCUT2D eigenvalue weighted by Gasteiger charge is 2.14. The molecule has 1 unspecified atom stereocenters. The van der Waals surface area contributed by atoms with Gasteiger partial charge < -0.3 is 16.4 Å². The van der Waals surface area contributed by atoms with Gasteiger partial charge in [0.15, 0.2) is 0 Å². The van der Waals surface area contributed by atoms with Crippen LogP contribution in [0, 0.1) is 5.92 Å². The van der Waals surface area contributed by atoms with E-state index in [0.717, 1.165) is 16.5 Å². The summed E-state index contributed by atoms with van der Waals surface area (Å²) in [6, 6.07) is 5.36. The van der Waals surface area contributed by atoms with E-state index in [4.69, 9.17) is 5.73 Å². The molecule has 5 nitrogen and oxygen atoms in total. The molecule has 112 valence electrons. The molecule has 4 N–H and O–H groups in total. The number of fused-ring (bicyclic) bond motifs is 1. The Balaban J connectivity index is 2.12. The second-order valence-electron chi connectivity index (χ2n) is 5.63. The summed E-state index contributed by atoms with van der Waals surface area (Å²) in [5.41, 5.74) is 7.57. The second-order valence-corrected chi connectivity index (χ2v) is 5.63. The Morgan fingerprint density at radius 2 is 2.05 bits per heavy atom. The van der Waals surface area contributed by atoms with Crippen LogP contribution in [0.3, 0.4) is 0 Å². The van der Waals surface area contributed by atoms with Gasteiger partial charge in [-0.25, -0.2) is 0 Å². The third-order valence-corrected chi connectivity index (χ3v) is 3.31. The number of nitrogens with zero attached hydrogens (tertiary/aromatic N) is 1. The van der Waals surface area contributed by atoms with E-state index in [1.165, 1.54) is 0 Å². The maximum absolute atomic E-state index is 12.0. The number of rotatable bonds is 5. The first-order valence-electron chi connectivity index (χ1n) is 7.15. The van der Waals surface area contributed by atoms with Gasteiger partial charge in [0, 0.05) is 29.7 Å². The Bertz CT molecular complexity index is 639. The van der Waals surface area contributed by atoms with Gasteiger partial charge in [-0.1, -0.05) is 19.9 Å². The van der Waals surface area contributed by atoms with E-state index in [-0.39, 0.29) is 11.9 Å². The van der Waals surface area contributed by atoms with Crippen molar-refractivity contribution < 1.29 is 4.79 Å². The molecule has 0 bridgehead atoms. The van der Waals surface area contributed by atoms with E-state index in [9.17, 15) is 4.79 Å². The van der Waals surface area contributed by atoms with Crippen LogP contribution in [-0.2, 0) is 4.79 Å². The number of nitrogens with one attached hydrogen (secondary N) is 2. The Morgan fingerprint density at radius 3 is 2.76 bits per heavy atom. The third kappa shape index (κ3) is 3.62. The highest BCUT2D eigenvalue weighted by molar-refractivity contribution is 5.99. The highest BCUT2D eigenvalue weighted by Crippen LogP contribution is 2.28. The van der Waals surface area contributed by atoms with Crippen LogP contribution in [0.25, 0.3) is 10.8 Å². The van der Waals surface area contributed by atoms with Crippen molar-refractivity contribution in [3.8, 4) is 0 Å². The Hall–Kier alpha value is -2.30. The average Bonchev–Trinajstić information content (AvgIpc) is 2.47. The van der Waals surface area contributed by atoms with Crippen molar-refractivity contribution >= 4 is 28.1 Å². The summed E-state index contributed by atoms with van der Waals surface area (Å²) in [6.07, 6.45) is 3.48. The lowest BCUT2D eigenvalue weighted by molar-refractivity contribution is -0.121. The number of pyridine rings is 1. The van der Waals surface area contributed by atoms with Gasteiger partial charge in [-0.05, 0) is 25.0 Å². The number of benzene rings is 1. The van der Waals surface area contributed by atoms with E-state index in [1.54, 1.807) is 12.4 Å². The summed E-state index contributed by atoms with van der Waals surface area (Å²) in [6.45, 7) is 6.62. The van der Waals surface area contributed by atoms with Gasteiger partial charge in [0.25, 0.3) is 0 Å². The maximum atomic E-state index is 12.0. The Morgan fingerprint density at radius 1 is 1.29 bits per heavy atom. The summed E-state index contributed by atoms with van der Waals surface area (Å²) in [5, 5.41) is 7.99. The van der Waals surface area contributed by atoms with E-state index in [2.05, 4.69) is 29.5 Å². The lowest BCUT2D eigenvalue weighted by atomic mass is 10.1. The molecule has 0 radical (unpaired) electrons. The van der Waals surface area contributed by atoms with Gasteiger partial charge in [-0.2, -0.15) is 0 Å². The molecule has 1 amide bonds. The van der Waals surface area contributed by atoms with Crippen LogP contribution in [0.2, 0.25) is 0 Å². The zero-order valence-corrected chi connectivity index (χ0v) is 12.7. The first-order valence-corrected chi connectivity index (χ1v) is 7.15. The first-order chi connectivity index (χ1) is 9.99. The van der Waals surface area contributed by atoms with Crippen molar-refractivity contribution in [1.29, 1.82) is 0 Å². The molecule has 0 saturated carbocycles. The summed E-state index contributed by atoms with van der Waals surface area (Å²) < 4.78 is 0. The van der Waals surface area contributed by atoms with E-state index in [0.29, 0.717) is 18.2 Å². The number of carbonyl (C=O) groups excluding carboxylic acids is 1. The fourth-order valence-electron chi connectivity index (χ4n) is 2.08. The van der Waals surface area contributed by atoms with Gasteiger partial charge >= 0.3 is 0 Å². The molecule has 2 aromatic rings. The zero-order valence-electron chi connectivity index (χ0n) is 12.7. The van der Waals surface area contributed by atoms with Crippen molar-refractivity contribution in [2.75, 3.05) is 17.6 Å². The minimum absolute atomic E-state index is 0.0297. The summed E-state index contributed by atoms with van der Waals surface area (Å²) in [5.74, 6) is 0.400. The molecule has 0 aliphatic carbocycles. The summed E-state index contributed by atoms with van der Waals surface area (Å²) in [7, 11) is 0. The number of anilines is 2. The van der Waals surface area contributed by atoms with Crippen molar-refractivity contribution in [3.63, 3.8) is 0 Å². The molecule has 0 saturated heterocycles. The number of hydrogen-bond donors (Lipinski definition) is 3. The van der Waals surface area contributed by atoms with Crippen molar-refractivity contribution in [1.82, 2.24) is 10.3 Å². The van der Waals surface area contributed by atoms with Crippen LogP contribution in [0.5, 0.6) is 0 Å². The fraction of sp³-hybridized carbons (Fsp3) is 0.375. The topological polar surface area (TPSA) is 80.0 Å². The molecule has 0 aliphatic heterocycles. The van der Waals surface area contributed by atoms with Gasteiger partial charge in [0.1, 0.15) is 6.04 Å². The maximum Gasteiger partial charge on any atom is 0.242 e. The number of aromatic nitrogens is 1. The van der Waals surface area contributed by atoms with Gasteiger partial charge in [0.05, 0.1) is 11.4 Å². The van der Waals surface area contributed by atoms with Crippen LogP contribution in [0.4, 0.5) is 11.4 Å². The van der Waals surface area contributed by atoms with Crippen LogP contribution >= 0.6 is 0 Å². The highest BCUT2D eigenvalue weighted by atomic mass is 16.2. The number of hydrogen-bond acceptors (Lipinski definition) is 4. The SMILES string of the molecule is CC(C)CNC(=O)C(C)Nc1ccc2cnccc2c1N. The molecule has 2 rings (SSSR count). The quantitative estimate of drug-likeness (QED) is 0.737. The van der Waals surface area contributed by atoms with E-state index >= 15 is 0 Å². The van der Waals surface area contributed by atoms with Crippen LogP contribution in [0.1, 0.15) is 20.8 Å². The number of nitrogen functional groups attached to an aromatic ring is 1. The molecule has 1 aromatic heterocycles. The number of carbonyl (C=O) groups is 1. The lowest BCUT2D eigenvalue weighted by Gasteiger charge is -2.18. The molecule has 0 spiro atoms. The Labute approximate surface area is 124 Å². The standard InChI is InChI=1S/C16H22N4O/c1-10(2)8-19-16(21)11(3)20-14-5-4-12-9-18-7-6-13(12)15(14)17/h4-7,9-11,20H,8,17H2,1-3H3,(H,19,21). The van der Waals surface area contributed by atoms with E-state index < -0.39 is 0 Å². The monoisotopic (exact) mass is 286 g/mol. The second kappa shape index (κ2) is 6.43. The summed E-state index contributed by atoms with van der Waals surface area (Å²) in [4.78, 5) is 16.1. The predicted molar refractivity (Wildman–Crippen MR) is 87.1 cm³/mol. The Kier molecular flexibility index (Phi) is 4.62. The van der Waals surface area contributed by atoms with Gasteiger partial charge in [-0.15, -0.1) is 0 Å². The normalized spacial score (nSPS) is 12.4. The molecule has 1 heterocycles. The minimum atomic E-state index is -0.342. The van der Waals surface area contributed by atoms with Crippen LogP contribution in [0.15, 0.2) is 30.6 Å². The largest absolute Gasteiger partial charge is 0.397 e. The number of nitrogens with two attached hydrogens (primary N) is 1. The van der Waals surface area contributed by atoms with Crippen LogP contribution in [-0.4, -0.2) is 23.5 Å². The predicted octanol–water partition coefficient (Wildman–Crippen LogP) is 2.39. The lowest BCUT2D eigenvalue weighted by Crippen LogP contribution is -2.39. The van der Waals surface area contributed by atoms with Crippen molar-refractivity contribution in [2.24, 2.45) is 5.92 Å². The molecule has 0 aliphatic rings. The molecule has 5 heteroatoms. The molecule has 1 atom stereocenters. The smallest absolute Gasteiger partial charge is 0.242 e. The summed E-state index contributed by atoms with van der Waals surface area (Å²) >= 11 is 0. The van der Waals surface area contributed by atoms with Crippen LogP contribution < -0.4 is 16.4 Å². The average molecular weight is 286 g/mol. The van der Waals surface area contributed by atoms with Gasteiger partial charge in [-0.3, -0.25) is 9.78 Å². The first kappa shape index (κ1) is 15.1. The number of amides is 1. The fourth-order valence-corrected chi connectivity index (χ4v) is 2.08. The third-order valence-electron chi connectivity index (χ3n) is 3.31.